The summed E-state index contributed by atoms with van der Waals surface area (Å²) in [5.74, 6) is -1.43. The summed E-state index contributed by atoms with van der Waals surface area (Å²) in [4.78, 5) is 10.9. The van der Waals surface area contributed by atoms with Crippen molar-refractivity contribution >= 4 is 23.0 Å². The number of carbonyl (C=O) groups is 1. The summed E-state index contributed by atoms with van der Waals surface area (Å²) in [5, 5.41) is 11.9. The lowest BCUT2D eigenvalue weighted by Gasteiger charge is -2.11. The Kier molecular flexibility index (Phi) is 3.14. The molecular formula is C13H11FN2O2. The van der Waals surface area contributed by atoms with Gasteiger partial charge in [0.15, 0.2) is 0 Å². The van der Waals surface area contributed by atoms with E-state index in [2.05, 4.69) is 5.32 Å². The van der Waals surface area contributed by atoms with E-state index in [1.165, 1.54) is 18.2 Å². The number of benzene rings is 2. The molecule has 0 aliphatic carbocycles. The van der Waals surface area contributed by atoms with Crippen LogP contribution >= 0.6 is 0 Å². The van der Waals surface area contributed by atoms with E-state index in [4.69, 9.17) is 10.8 Å². The van der Waals surface area contributed by atoms with Crippen LogP contribution in [0.15, 0.2) is 42.5 Å². The molecule has 92 valence electrons. The van der Waals surface area contributed by atoms with Gasteiger partial charge in [-0.15, -0.1) is 0 Å². The first-order chi connectivity index (χ1) is 8.58. The van der Waals surface area contributed by atoms with E-state index in [0.717, 1.165) is 0 Å². The Morgan fingerprint density at radius 1 is 1.17 bits per heavy atom. The summed E-state index contributed by atoms with van der Waals surface area (Å²) in [5.41, 5.74) is 7.03. The standard InChI is InChI=1S/C13H11FN2O2/c14-8-4-6-9(7-5-8)16-11-3-1-2-10(12(11)15)13(17)18/h1-7,16H,15H2,(H,17,18). The Labute approximate surface area is 103 Å². The van der Waals surface area contributed by atoms with Gasteiger partial charge in [-0.05, 0) is 36.4 Å². The number of carboxylic acids is 1. The van der Waals surface area contributed by atoms with Crippen molar-refractivity contribution in [2.24, 2.45) is 0 Å². The van der Waals surface area contributed by atoms with Gasteiger partial charge >= 0.3 is 5.97 Å². The molecule has 0 amide bonds. The molecule has 0 radical (unpaired) electrons. The minimum absolute atomic E-state index is 0.0297. The highest BCUT2D eigenvalue weighted by atomic mass is 19.1. The van der Waals surface area contributed by atoms with Gasteiger partial charge in [-0.2, -0.15) is 0 Å². The zero-order valence-corrected chi connectivity index (χ0v) is 9.35. The molecule has 2 aromatic rings. The first-order valence-corrected chi connectivity index (χ1v) is 5.22. The summed E-state index contributed by atoms with van der Waals surface area (Å²) in [6, 6.07) is 10.4. The Morgan fingerprint density at radius 2 is 1.83 bits per heavy atom. The fraction of sp³-hybridized carbons (Fsp3) is 0. The number of nitrogen functional groups attached to an aromatic ring is 1. The van der Waals surface area contributed by atoms with Crippen LogP contribution in [0.25, 0.3) is 0 Å². The van der Waals surface area contributed by atoms with Crippen LogP contribution in [0, 0.1) is 5.82 Å². The van der Waals surface area contributed by atoms with E-state index < -0.39 is 5.97 Å². The van der Waals surface area contributed by atoms with Crippen molar-refractivity contribution < 1.29 is 14.3 Å². The third-order valence-electron chi connectivity index (χ3n) is 2.46. The van der Waals surface area contributed by atoms with Crippen LogP contribution in [0.4, 0.5) is 21.5 Å². The minimum atomic E-state index is -1.09. The monoisotopic (exact) mass is 246 g/mol. The van der Waals surface area contributed by atoms with Gasteiger partial charge in [-0.3, -0.25) is 0 Å². The molecule has 0 saturated heterocycles. The topological polar surface area (TPSA) is 75.3 Å². The molecule has 0 bridgehead atoms. The number of halogens is 1. The third kappa shape index (κ3) is 2.40. The normalized spacial score (nSPS) is 10.1. The second-order valence-electron chi connectivity index (χ2n) is 3.70. The van der Waals surface area contributed by atoms with Crippen molar-refractivity contribution in [3.8, 4) is 0 Å². The van der Waals surface area contributed by atoms with Gasteiger partial charge in [0.25, 0.3) is 0 Å². The molecule has 0 heterocycles. The van der Waals surface area contributed by atoms with Crippen molar-refractivity contribution in [3.63, 3.8) is 0 Å². The average molecular weight is 246 g/mol. The van der Waals surface area contributed by atoms with Crippen molar-refractivity contribution in [1.29, 1.82) is 0 Å². The van der Waals surface area contributed by atoms with Crippen LogP contribution in [0.3, 0.4) is 0 Å². The fourth-order valence-electron chi connectivity index (χ4n) is 1.55. The van der Waals surface area contributed by atoms with Crippen LogP contribution < -0.4 is 11.1 Å². The highest BCUT2D eigenvalue weighted by Crippen LogP contribution is 2.26. The van der Waals surface area contributed by atoms with Gasteiger partial charge in [0.2, 0.25) is 0 Å². The van der Waals surface area contributed by atoms with Crippen molar-refractivity contribution in [2.75, 3.05) is 11.1 Å². The van der Waals surface area contributed by atoms with E-state index in [0.29, 0.717) is 11.4 Å². The van der Waals surface area contributed by atoms with Gasteiger partial charge < -0.3 is 16.2 Å². The van der Waals surface area contributed by atoms with E-state index in [1.807, 2.05) is 0 Å². The summed E-state index contributed by atoms with van der Waals surface area (Å²) >= 11 is 0. The summed E-state index contributed by atoms with van der Waals surface area (Å²) in [6.07, 6.45) is 0. The maximum absolute atomic E-state index is 12.7. The molecule has 0 aromatic heterocycles. The molecule has 18 heavy (non-hydrogen) atoms. The minimum Gasteiger partial charge on any atom is -0.478 e. The lowest BCUT2D eigenvalue weighted by Crippen LogP contribution is -2.05. The number of carboxylic acid groups (broad SMARTS) is 1. The number of nitrogens with two attached hydrogens (primary N) is 1. The fourth-order valence-corrected chi connectivity index (χ4v) is 1.55. The second kappa shape index (κ2) is 4.75. The first-order valence-electron chi connectivity index (χ1n) is 5.22. The SMILES string of the molecule is Nc1c(Nc2ccc(F)cc2)cccc1C(=O)O. The van der Waals surface area contributed by atoms with Gasteiger partial charge in [-0.25, -0.2) is 9.18 Å². The number of aromatic carboxylic acids is 1. The molecule has 4 N–H and O–H groups in total. The van der Waals surface area contributed by atoms with Crippen molar-refractivity contribution in [1.82, 2.24) is 0 Å². The van der Waals surface area contributed by atoms with Crippen LogP contribution in [-0.2, 0) is 0 Å². The highest BCUT2D eigenvalue weighted by molar-refractivity contribution is 5.97. The molecule has 0 aliphatic rings. The third-order valence-corrected chi connectivity index (χ3v) is 2.46. The quantitative estimate of drug-likeness (QED) is 0.728. The average Bonchev–Trinajstić information content (AvgIpc) is 2.34. The molecule has 0 aliphatic heterocycles. The predicted molar refractivity (Wildman–Crippen MR) is 67.5 cm³/mol. The van der Waals surface area contributed by atoms with E-state index in [9.17, 15) is 9.18 Å². The molecule has 0 fully saturated rings. The van der Waals surface area contributed by atoms with Crippen molar-refractivity contribution in [3.05, 3.63) is 53.8 Å². The molecule has 0 atom stereocenters. The Morgan fingerprint density at radius 3 is 2.44 bits per heavy atom. The molecule has 0 saturated carbocycles. The smallest absolute Gasteiger partial charge is 0.337 e. The number of hydrogen-bond acceptors (Lipinski definition) is 3. The lowest BCUT2D eigenvalue weighted by atomic mass is 10.1. The maximum atomic E-state index is 12.7. The van der Waals surface area contributed by atoms with E-state index in [-0.39, 0.29) is 17.1 Å². The molecule has 0 unspecified atom stereocenters. The van der Waals surface area contributed by atoms with Gasteiger partial charge in [0, 0.05) is 5.69 Å². The highest BCUT2D eigenvalue weighted by Gasteiger charge is 2.10. The van der Waals surface area contributed by atoms with Crippen LogP contribution in [0.1, 0.15) is 10.4 Å². The second-order valence-corrected chi connectivity index (χ2v) is 3.70. The maximum Gasteiger partial charge on any atom is 0.337 e. The Bertz CT molecular complexity index is 582. The Balaban J connectivity index is 2.32. The summed E-state index contributed by atoms with van der Waals surface area (Å²) < 4.78 is 12.7. The van der Waals surface area contributed by atoms with Gasteiger partial charge in [0.05, 0.1) is 16.9 Å². The number of nitrogens with one attached hydrogen (secondary N) is 1. The first kappa shape index (κ1) is 11.9. The number of anilines is 3. The zero-order valence-electron chi connectivity index (χ0n) is 9.35. The molecule has 0 spiro atoms. The number of rotatable bonds is 3. The Hall–Kier alpha value is -2.56. The van der Waals surface area contributed by atoms with Crippen LogP contribution in [-0.4, -0.2) is 11.1 Å². The van der Waals surface area contributed by atoms with Crippen LogP contribution in [0.2, 0.25) is 0 Å². The van der Waals surface area contributed by atoms with E-state index in [1.54, 1.807) is 24.3 Å². The molecule has 2 rings (SSSR count). The van der Waals surface area contributed by atoms with Gasteiger partial charge in [0.1, 0.15) is 5.82 Å². The van der Waals surface area contributed by atoms with Crippen molar-refractivity contribution in [2.45, 2.75) is 0 Å². The molecule has 2 aromatic carbocycles. The number of para-hydroxylation sites is 1. The van der Waals surface area contributed by atoms with Crippen LogP contribution in [0.5, 0.6) is 0 Å². The molecular weight excluding hydrogens is 235 g/mol. The predicted octanol–water partition coefficient (Wildman–Crippen LogP) is 2.85. The molecule has 4 nitrogen and oxygen atoms in total. The summed E-state index contributed by atoms with van der Waals surface area (Å²) in [7, 11) is 0. The van der Waals surface area contributed by atoms with E-state index >= 15 is 0 Å². The zero-order chi connectivity index (χ0) is 13.1. The molecule has 5 heteroatoms. The lowest BCUT2D eigenvalue weighted by molar-refractivity contribution is 0.0698. The van der Waals surface area contributed by atoms with Gasteiger partial charge in [-0.1, -0.05) is 6.07 Å². The largest absolute Gasteiger partial charge is 0.478 e. The number of hydrogen-bond donors (Lipinski definition) is 3. The summed E-state index contributed by atoms with van der Waals surface area (Å²) in [6.45, 7) is 0.